The Morgan fingerprint density at radius 3 is 2.33 bits per heavy atom. The fourth-order valence-corrected chi connectivity index (χ4v) is 3.35. The molecule has 1 atom stereocenters. The van der Waals surface area contributed by atoms with Gasteiger partial charge in [0.05, 0.1) is 16.5 Å². The monoisotopic (exact) mass is 426 g/mol. The van der Waals surface area contributed by atoms with Gasteiger partial charge < -0.3 is 10.2 Å². The van der Waals surface area contributed by atoms with Gasteiger partial charge in [-0.1, -0.05) is 66.0 Å². The lowest BCUT2D eigenvalue weighted by Crippen LogP contribution is -2.48. The van der Waals surface area contributed by atoms with E-state index < -0.39 is 6.04 Å². The normalized spacial score (nSPS) is 11.7. The SMILES string of the molecule is CC[C@@H](C(=O)NC)N(Cc1ccc(Cl)c(Cl)c1)C(=O)Cc1ccccc1Cl. The summed E-state index contributed by atoms with van der Waals surface area (Å²) in [6.45, 7) is 2.11. The molecule has 0 unspecified atom stereocenters. The molecule has 2 rings (SSSR count). The standard InChI is InChI=1S/C20H21Cl3N2O2/c1-3-18(20(27)24-2)25(12-13-8-9-16(22)17(23)10-13)19(26)11-14-6-4-5-7-15(14)21/h4-10,18H,3,11-12H2,1-2H3,(H,24,27)/t18-/m0/s1. The Bertz CT molecular complexity index is 827. The third kappa shape index (κ3) is 5.61. The predicted molar refractivity (Wildman–Crippen MR) is 110 cm³/mol. The molecule has 7 heteroatoms. The number of benzene rings is 2. The molecule has 0 aliphatic rings. The summed E-state index contributed by atoms with van der Waals surface area (Å²) in [6, 6.07) is 11.8. The van der Waals surface area contributed by atoms with Crippen LogP contribution in [0.1, 0.15) is 24.5 Å². The molecule has 0 saturated carbocycles. The molecule has 0 radical (unpaired) electrons. The van der Waals surface area contributed by atoms with E-state index in [0.29, 0.717) is 21.5 Å². The van der Waals surface area contributed by atoms with E-state index in [0.717, 1.165) is 11.1 Å². The average Bonchev–Trinajstić information content (AvgIpc) is 2.65. The second-order valence-corrected chi connectivity index (χ2v) is 7.30. The molecule has 0 fully saturated rings. The topological polar surface area (TPSA) is 49.4 Å². The number of likely N-dealkylation sites (N-methyl/N-ethyl adjacent to an activating group) is 1. The van der Waals surface area contributed by atoms with Crippen LogP contribution < -0.4 is 5.32 Å². The lowest BCUT2D eigenvalue weighted by Gasteiger charge is -2.30. The predicted octanol–water partition coefficient (Wildman–Crippen LogP) is 4.74. The molecule has 2 aromatic rings. The number of hydrogen-bond donors (Lipinski definition) is 1. The van der Waals surface area contributed by atoms with Crippen LogP contribution in [0, 0.1) is 0 Å². The first-order valence-corrected chi connectivity index (χ1v) is 9.69. The molecule has 4 nitrogen and oxygen atoms in total. The van der Waals surface area contributed by atoms with Gasteiger partial charge in [-0.05, 0) is 35.7 Å². The number of carbonyl (C=O) groups excluding carboxylic acids is 2. The van der Waals surface area contributed by atoms with Gasteiger partial charge in [0.1, 0.15) is 6.04 Å². The fraction of sp³-hybridized carbons (Fsp3) is 0.300. The van der Waals surface area contributed by atoms with Crippen LogP contribution in [0.4, 0.5) is 0 Å². The molecule has 0 aliphatic carbocycles. The fourth-order valence-electron chi connectivity index (χ4n) is 2.83. The van der Waals surface area contributed by atoms with Crippen LogP contribution in [0.3, 0.4) is 0 Å². The zero-order chi connectivity index (χ0) is 20.0. The maximum absolute atomic E-state index is 13.1. The summed E-state index contributed by atoms with van der Waals surface area (Å²) < 4.78 is 0. The molecule has 27 heavy (non-hydrogen) atoms. The number of carbonyl (C=O) groups is 2. The van der Waals surface area contributed by atoms with E-state index in [4.69, 9.17) is 34.8 Å². The lowest BCUT2D eigenvalue weighted by molar-refractivity contribution is -0.140. The number of hydrogen-bond acceptors (Lipinski definition) is 2. The number of halogens is 3. The zero-order valence-electron chi connectivity index (χ0n) is 15.1. The van der Waals surface area contributed by atoms with Crippen molar-refractivity contribution in [2.24, 2.45) is 0 Å². The summed E-state index contributed by atoms with van der Waals surface area (Å²) in [5, 5.41) is 3.99. The molecule has 0 heterocycles. The van der Waals surface area contributed by atoms with Crippen molar-refractivity contribution in [1.29, 1.82) is 0 Å². The molecule has 144 valence electrons. The van der Waals surface area contributed by atoms with Gasteiger partial charge in [-0.25, -0.2) is 0 Å². The van der Waals surface area contributed by atoms with Gasteiger partial charge in [0.25, 0.3) is 0 Å². The first kappa shape index (κ1) is 21.5. The Morgan fingerprint density at radius 2 is 1.74 bits per heavy atom. The third-order valence-electron chi connectivity index (χ3n) is 4.27. The summed E-state index contributed by atoms with van der Waals surface area (Å²) in [5.74, 6) is -0.408. The molecule has 0 bridgehead atoms. The van der Waals surface area contributed by atoms with Crippen LogP contribution in [-0.4, -0.2) is 29.8 Å². The summed E-state index contributed by atoms with van der Waals surface area (Å²) >= 11 is 18.3. The van der Waals surface area contributed by atoms with E-state index in [1.807, 2.05) is 19.1 Å². The minimum atomic E-state index is -0.598. The molecule has 0 saturated heterocycles. The van der Waals surface area contributed by atoms with Crippen LogP contribution in [0.25, 0.3) is 0 Å². The Balaban J connectivity index is 2.33. The molecule has 0 aliphatic heterocycles. The van der Waals surface area contributed by atoms with Crippen LogP contribution in [-0.2, 0) is 22.6 Å². The van der Waals surface area contributed by atoms with E-state index in [2.05, 4.69) is 5.32 Å². The van der Waals surface area contributed by atoms with Gasteiger partial charge >= 0.3 is 0 Å². The van der Waals surface area contributed by atoms with Gasteiger partial charge in [-0.15, -0.1) is 0 Å². The zero-order valence-corrected chi connectivity index (χ0v) is 17.4. The van der Waals surface area contributed by atoms with Crippen LogP contribution in [0.15, 0.2) is 42.5 Å². The second kappa shape index (κ2) is 9.98. The summed E-state index contributed by atoms with van der Waals surface area (Å²) in [4.78, 5) is 27.0. The molecule has 2 amide bonds. The Kier molecular flexibility index (Phi) is 7.96. The average molecular weight is 428 g/mol. The maximum Gasteiger partial charge on any atom is 0.242 e. The van der Waals surface area contributed by atoms with Gasteiger partial charge in [0.2, 0.25) is 11.8 Å². The Morgan fingerprint density at radius 1 is 1.04 bits per heavy atom. The van der Waals surface area contributed by atoms with Gasteiger partial charge in [0.15, 0.2) is 0 Å². The number of nitrogens with zero attached hydrogens (tertiary/aromatic N) is 1. The van der Waals surface area contributed by atoms with E-state index in [9.17, 15) is 9.59 Å². The molecule has 0 aromatic heterocycles. The number of rotatable bonds is 7. The first-order valence-electron chi connectivity index (χ1n) is 8.55. The van der Waals surface area contributed by atoms with Crippen molar-refractivity contribution < 1.29 is 9.59 Å². The van der Waals surface area contributed by atoms with Gasteiger partial charge in [-0.3, -0.25) is 9.59 Å². The minimum Gasteiger partial charge on any atom is -0.357 e. The van der Waals surface area contributed by atoms with Crippen LogP contribution >= 0.6 is 34.8 Å². The maximum atomic E-state index is 13.1. The van der Waals surface area contributed by atoms with E-state index in [1.54, 1.807) is 42.3 Å². The van der Waals surface area contributed by atoms with Gasteiger partial charge in [-0.2, -0.15) is 0 Å². The lowest BCUT2D eigenvalue weighted by atomic mass is 10.1. The van der Waals surface area contributed by atoms with Gasteiger partial charge in [0, 0.05) is 18.6 Å². The largest absolute Gasteiger partial charge is 0.357 e. The smallest absolute Gasteiger partial charge is 0.242 e. The van der Waals surface area contributed by atoms with E-state index in [-0.39, 0.29) is 24.8 Å². The van der Waals surface area contributed by atoms with E-state index in [1.165, 1.54) is 0 Å². The molecular formula is C20H21Cl3N2O2. The van der Waals surface area contributed by atoms with Crippen molar-refractivity contribution in [3.63, 3.8) is 0 Å². The summed E-state index contributed by atoms with van der Waals surface area (Å²) in [5.41, 5.74) is 1.51. The summed E-state index contributed by atoms with van der Waals surface area (Å²) in [6.07, 6.45) is 0.587. The van der Waals surface area contributed by atoms with Crippen molar-refractivity contribution in [2.45, 2.75) is 32.4 Å². The highest BCUT2D eigenvalue weighted by Gasteiger charge is 2.28. The minimum absolute atomic E-state index is 0.106. The number of nitrogens with one attached hydrogen (secondary N) is 1. The first-order chi connectivity index (χ1) is 12.9. The Hall–Kier alpha value is -1.75. The van der Waals surface area contributed by atoms with Crippen LogP contribution in [0.2, 0.25) is 15.1 Å². The van der Waals surface area contributed by atoms with Crippen molar-refractivity contribution in [3.05, 3.63) is 68.7 Å². The molecule has 1 N–H and O–H groups in total. The molecular weight excluding hydrogens is 407 g/mol. The Labute approximate surface area is 174 Å². The molecule has 2 aromatic carbocycles. The van der Waals surface area contributed by atoms with Crippen molar-refractivity contribution in [3.8, 4) is 0 Å². The highest BCUT2D eigenvalue weighted by molar-refractivity contribution is 6.42. The number of amides is 2. The highest BCUT2D eigenvalue weighted by atomic mass is 35.5. The van der Waals surface area contributed by atoms with Crippen LogP contribution in [0.5, 0.6) is 0 Å². The van der Waals surface area contributed by atoms with Crippen molar-refractivity contribution in [2.75, 3.05) is 7.05 Å². The van der Waals surface area contributed by atoms with E-state index >= 15 is 0 Å². The second-order valence-electron chi connectivity index (χ2n) is 6.08. The quantitative estimate of drug-likeness (QED) is 0.693. The molecule has 0 spiro atoms. The highest BCUT2D eigenvalue weighted by Crippen LogP contribution is 2.25. The third-order valence-corrected chi connectivity index (χ3v) is 5.38. The van der Waals surface area contributed by atoms with Crippen molar-refractivity contribution >= 4 is 46.6 Å². The van der Waals surface area contributed by atoms with Crippen molar-refractivity contribution in [1.82, 2.24) is 10.2 Å². The summed E-state index contributed by atoms with van der Waals surface area (Å²) in [7, 11) is 1.56.